The fourth-order valence-corrected chi connectivity index (χ4v) is 1.40. The number of phenols is 1. The van der Waals surface area contributed by atoms with E-state index in [0.29, 0.717) is 0 Å². The molecule has 3 N–H and O–H groups in total. The second kappa shape index (κ2) is 5.95. The van der Waals surface area contributed by atoms with Crippen molar-refractivity contribution in [1.29, 1.82) is 0 Å². The first kappa shape index (κ1) is 13.1. The van der Waals surface area contributed by atoms with Gasteiger partial charge in [-0.3, -0.25) is 0 Å². The van der Waals surface area contributed by atoms with Crippen molar-refractivity contribution < 1.29 is 24.9 Å². The molecule has 0 saturated heterocycles. The smallest absolute Gasteiger partial charge is 0.377 e. The third-order valence-corrected chi connectivity index (χ3v) is 2.25. The number of hydrogen-bond donors (Lipinski definition) is 3. The number of benzene rings is 1. The van der Waals surface area contributed by atoms with Crippen LogP contribution in [0.1, 0.15) is 18.6 Å². The monoisotopic (exact) mass is 238 g/mol. The van der Waals surface area contributed by atoms with Gasteiger partial charge in [0.25, 0.3) is 6.04 Å². The molecule has 2 atom stereocenters. The Labute approximate surface area is 98.4 Å². The van der Waals surface area contributed by atoms with Crippen molar-refractivity contribution in [1.82, 2.24) is 0 Å². The molecular formula is C11H14N2O4. The zero-order valence-corrected chi connectivity index (χ0v) is 9.33. The maximum Gasteiger partial charge on any atom is 0.377 e. The van der Waals surface area contributed by atoms with Crippen molar-refractivity contribution in [3.8, 4) is 5.75 Å². The van der Waals surface area contributed by atoms with Crippen molar-refractivity contribution in [2.45, 2.75) is 19.1 Å². The summed E-state index contributed by atoms with van der Waals surface area (Å²) < 4.78 is 4.67. The summed E-state index contributed by atoms with van der Waals surface area (Å²) in [5, 5.41) is 21.1. The highest BCUT2D eigenvalue weighted by atomic mass is 16.5. The van der Waals surface area contributed by atoms with Crippen LogP contribution in [0.15, 0.2) is 24.3 Å². The fourth-order valence-electron chi connectivity index (χ4n) is 1.40. The van der Waals surface area contributed by atoms with Crippen LogP contribution in [0.3, 0.4) is 0 Å². The predicted octanol–water partition coefficient (Wildman–Crippen LogP) is -0.540. The highest BCUT2D eigenvalue weighted by Gasteiger charge is 2.33. The number of hydrogen-bond acceptors (Lipinski definition) is 4. The molecule has 0 amide bonds. The average Bonchev–Trinajstić information content (AvgIpc) is 2.30. The van der Waals surface area contributed by atoms with Crippen LogP contribution in [0.2, 0.25) is 0 Å². The number of nitrogens with zero attached hydrogens (tertiary/aromatic N) is 1. The third-order valence-electron chi connectivity index (χ3n) is 2.25. The minimum Gasteiger partial charge on any atom is -0.508 e. The van der Waals surface area contributed by atoms with Crippen LogP contribution in [0.4, 0.5) is 0 Å². The standard InChI is InChI=1S/C11H14N2O4/c1-2-17-11(16)9(13-12)10(15)7-5-3-4-6-8(7)14/h3-6,9-10,13-15H,2H2,1H3. The molecule has 92 valence electrons. The first-order valence-corrected chi connectivity index (χ1v) is 5.14. The summed E-state index contributed by atoms with van der Waals surface area (Å²) in [6.07, 6.45) is -1.40. The maximum absolute atomic E-state index is 11.4. The van der Waals surface area contributed by atoms with E-state index in [1.165, 1.54) is 12.1 Å². The molecule has 1 rings (SSSR count). The maximum atomic E-state index is 11.4. The fraction of sp³-hybridized carbons (Fsp3) is 0.364. The lowest BCUT2D eigenvalue weighted by Gasteiger charge is -2.16. The molecule has 0 aromatic heterocycles. The van der Waals surface area contributed by atoms with Gasteiger partial charge in [-0.2, -0.15) is 0 Å². The SMILES string of the molecule is CCOC(=O)C([NH+]=[N-])C(O)c1ccccc1O. The minimum atomic E-state index is -1.40. The summed E-state index contributed by atoms with van der Waals surface area (Å²) in [6, 6.07) is 4.65. The summed E-state index contributed by atoms with van der Waals surface area (Å²) in [6.45, 7) is 1.74. The molecule has 0 aliphatic heterocycles. The van der Waals surface area contributed by atoms with Gasteiger partial charge in [0.05, 0.1) is 6.61 Å². The zero-order valence-electron chi connectivity index (χ0n) is 9.33. The van der Waals surface area contributed by atoms with E-state index in [1.54, 1.807) is 24.2 Å². The van der Waals surface area contributed by atoms with Gasteiger partial charge in [-0.15, -0.1) is 0 Å². The number of esters is 1. The summed E-state index contributed by atoms with van der Waals surface area (Å²) in [4.78, 5) is 11.4. The largest absolute Gasteiger partial charge is 0.508 e. The number of aliphatic hydroxyl groups is 1. The van der Waals surface area contributed by atoms with Crippen molar-refractivity contribution in [3.05, 3.63) is 35.4 Å². The topological polar surface area (TPSA) is 103 Å². The van der Waals surface area contributed by atoms with Crippen LogP contribution in [0.25, 0.3) is 5.53 Å². The van der Waals surface area contributed by atoms with Gasteiger partial charge in [0.15, 0.2) is 6.10 Å². The number of nitrogens with one attached hydrogen (secondary N) is 1. The van der Waals surface area contributed by atoms with Crippen LogP contribution in [-0.4, -0.2) is 28.8 Å². The third kappa shape index (κ3) is 3.01. The number of para-hydroxylation sites is 1. The molecule has 0 bridgehead atoms. The van der Waals surface area contributed by atoms with Crippen molar-refractivity contribution in [3.63, 3.8) is 0 Å². The molecule has 0 fully saturated rings. The number of aromatic hydroxyl groups is 1. The molecule has 0 heterocycles. The molecule has 6 nitrogen and oxygen atoms in total. The molecule has 0 aliphatic rings. The summed E-state index contributed by atoms with van der Waals surface area (Å²) in [5.41, 5.74) is 8.98. The van der Waals surface area contributed by atoms with Crippen LogP contribution in [0.5, 0.6) is 5.75 Å². The highest BCUT2D eigenvalue weighted by Crippen LogP contribution is 2.25. The first-order valence-electron chi connectivity index (χ1n) is 5.14. The van der Waals surface area contributed by atoms with E-state index in [0.717, 1.165) is 0 Å². The van der Waals surface area contributed by atoms with Gasteiger partial charge in [-0.1, -0.05) is 18.2 Å². The molecule has 17 heavy (non-hydrogen) atoms. The second-order valence-corrected chi connectivity index (χ2v) is 3.36. The van der Waals surface area contributed by atoms with Crippen molar-refractivity contribution in [2.24, 2.45) is 0 Å². The Morgan fingerprint density at radius 3 is 2.71 bits per heavy atom. The van der Waals surface area contributed by atoms with Gasteiger partial charge >= 0.3 is 5.97 Å². The number of carbonyl (C=O) groups is 1. The molecule has 1 aromatic rings. The van der Waals surface area contributed by atoms with E-state index in [9.17, 15) is 15.0 Å². The number of rotatable bonds is 5. The number of carbonyl (C=O) groups excluding carboxylic acids is 1. The lowest BCUT2D eigenvalue weighted by Crippen LogP contribution is -2.76. The molecule has 0 radical (unpaired) electrons. The first-order chi connectivity index (χ1) is 8.11. The highest BCUT2D eigenvalue weighted by molar-refractivity contribution is 5.75. The Morgan fingerprint density at radius 1 is 1.53 bits per heavy atom. The molecule has 0 spiro atoms. The quantitative estimate of drug-likeness (QED) is 0.473. The van der Waals surface area contributed by atoms with Gasteiger partial charge in [0, 0.05) is 5.56 Å². The van der Waals surface area contributed by atoms with Gasteiger partial charge < -0.3 is 25.6 Å². The van der Waals surface area contributed by atoms with Crippen LogP contribution < -0.4 is 5.11 Å². The van der Waals surface area contributed by atoms with Gasteiger partial charge in [0.2, 0.25) is 0 Å². The van der Waals surface area contributed by atoms with E-state index in [-0.39, 0.29) is 17.9 Å². The van der Waals surface area contributed by atoms with Gasteiger partial charge in [-0.05, 0) is 13.0 Å². The minimum absolute atomic E-state index is 0.129. The van der Waals surface area contributed by atoms with Crippen LogP contribution >= 0.6 is 0 Å². The normalized spacial score (nSPS) is 13.8. The lowest BCUT2D eigenvalue weighted by molar-refractivity contribution is -0.526. The summed E-state index contributed by atoms with van der Waals surface area (Å²) >= 11 is 0. The Morgan fingerprint density at radius 2 is 2.18 bits per heavy atom. The molecular weight excluding hydrogens is 224 g/mol. The average molecular weight is 238 g/mol. The van der Waals surface area contributed by atoms with Crippen LogP contribution in [-0.2, 0) is 9.53 Å². The van der Waals surface area contributed by atoms with Gasteiger partial charge in [0.1, 0.15) is 5.75 Å². The van der Waals surface area contributed by atoms with E-state index in [4.69, 9.17) is 5.53 Å². The Kier molecular flexibility index (Phi) is 4.59. The molecule has 0 saturated carbocycles. The summed E-state index contributed by atoms with van der Waals surface area (Å²) in [5.74, 6) is -0.963. The van der Waals surface area contributed by atoms with Gasteiger partial charge in [-0.25, -0.2) is 4.79 Å². The second-order valence-electron chi connectivity index (χ2n) is 3.36. The lowest BCUT2D eigenvalue weighted by atomic mass is 10.0. The number of phenolic OH excluding ortho intramolecular Hbond substituents is 1. The molecule has 1 aromatic carbocycles. The Bertz CT molecular complexity index is 408. The van der Waals surface area contributed by atoms with Crippen molar-refractivity contribution >= 4 is 5.97 Å². The number of aliphatic hydroxyl groups excluding tert-OH is 1. The van der Waals surface area contributed by atoms with Crippen LogP contribution in [0, 0.1) is 0 Å². The Balaban J connectivity index is 2.94. The molecule has 0 aliphatic carbocycles. The van der Waals surface area contributed by atoms with E-state index < -0.39 is 18.1 Å². The zero-order chi connectivity index (χ0) is 12.8. The Hall–Kier alpha value is -1.95. The summed E-state index contributed by atoms with van der Waals surface area (Å²) in [7, 11) is 0. The van der Waals surface area contributed by atoms with E-state index >= 15 is 0 Å². The number of ether oxygens (including phenoxy) is 1. The molecule has 6 heteroatoms. The van der Waals surface area contributed by atoms with E-state index in [1.807, 2.05) is 0 Å². The molecule has 2 unspecified atom stereocenters. The van der Waals surface area contributed by atoms with Crippen molar-refractivity contribution in [2.75, 3.05) is 6.61 Å². The predicted molar refractivity (Wildman–Crippen MR) is 57.8 cm³/mol. The van der Waals surface area contributed by atoms with E-state index in [2.05, 4.69) is 4.74 Å².